The molecule has 0 bridgehead atoms. The van der Waals surface area contributed by atoms with Crippen molar-refractivity contribution in [1.29, 1.82) is 5.26 Å². The van der Waals surface area contributed by atoms with Crippen molar-refractivity contribution in [3.63, 3.8) is 0 Å². The molecule has 0 saturated heterocycles. The van der Waals surface area contributed by atoms with Gasteiger partial charge in [0.05, 0.1) is 6.07 Å². The minimum atomic E-state index is -3.55. The molecule has 0 aromatic carbocycles. The third-order valence-electron chi connectivity index (χ3n) is 2.27. The smallest absolute Gasteiger partial charge is 0.211 e. The van der Waals surface area contributed by atoms with Gasteiger partial charge in [-0.25, -0.2) is 13.1 Å². The monoisotopic (exact) mass is 258 g/mol. The Hall–Kier alpha value is -0.900. The summed E-state index contributed by atoms with van der Waals surface area (Å²) in [7, 11) is -3.55. The predicted molar refractivity (Wildman–Crippen MR) is 64.5 cm³/mol. The molecule has 0 saturated carbocycles. The zero-order chi connectivity index (χ0) is 12.2. The first-order valence-electron chi connectivity index (χ1n) is 4.94. The van der Waals surface area contributed by atoms with Gasteiger partial charge in [0.2, 0.25) is 10.0 Å². The molecule has 1 aromatic heterocycles. The van der Waals surface area contributed by atoms with Crippen molar-refractivity contribution >= 4 is 21.4 Å². The van der Waals surface area contributed by atoms with Crippen LogP contribution < -0.4 is 4.72 Å². The lowest BCUT2D eigenvalue weighted by molar-refractivity contribution is 0.558. The van der Waals surface area contributed by atoms with E-state index in [4.69, 9.17) is 5.26 Å². The Morgan fingerprint density at radius 1 is 1.62 bits per heavy atom. The fourth-order valence-corrected chi connectivity index (χ4v) is 3.42. The summed E-state index contributed by atoms with van der Waals surface area (Å²) in [5.74, 6) is 0. The number of rotatable bonds is 5. The van der Waals surface area contributed by atoms with Crippen molar-refractivity contribution in [2.45, 2.75) is 31.6 Å². The van der Waals surface area contributed by atoms with E-state index in [-0.39, 0.29) is 6.04 Å². The number of nitrogens with zero attached hydrogens (tertiary/aromatic N) is 1. The SMILES string of the molecule is CCC(C#N)S(=O)(=O)NC(C)c1ccsc1. The second kappa shape index (κ2) is 5.43. The second-order valence-corrected chi connectivity index (χ2v) is 6.14. The highest BCUT2D eigenvalue weighted by atomic mass is 32.2. The molecule has 2 atom stereocenters. The molecule has 4 nitrogen and oxygen atoms in total. The highest BCUT2D eigenvalue weighted by Gasteiger charge is 2.25. The average Bonchev–Trinajstić information content (AvgIpc) is 2.70. The van der Waals surface area contributed by atoms with Crippen molar-refractivity contribution in [3.05, 3.63) is 22.4 Å². The molecule has 2 unspecified atom stereocenters. The number of sulfonamides is 1. The van der Waals surface area contributed by atoms with E-state index in [1.54, 1.807) is 19.9 Å². The van der Waals surface area contributed by atoms with Crippen molar-refractivity contribution < 1.29 is 8.42 Å². The summed E-state index contributed by atoms with van der Waals surface area (Å²) in [6.07, 6.45) is 0.294. The normalized spacial score (nSPS) is 15.3. The van der Waals surface area contributed by atoms with Gasteiger partial charge in [0.1, 0.15) is 0 Å². The molecule has 6 heteroatoms. The number of nitriles is 1. The van der Waals surface area contributed by atoms with Crippen LogP contribution in [-0.2, 0) is 10.0 Å². The minimum Gasteiger partial charge on any atom is -0.211 e. The lowest BCUT2D eigenvalue weighted by Crippen LogP contribution is -2.34. The average molecular weight is 258 g/mol. The van der Waals surface area contributed by atoms with Gasteiger partial charge < -0.3 is 0 Å². The van der Waals surface area contributed by atoms with Crippen LogP contribution >= 0.6 is 11.3 Å². The third kappa shape index (κ3) is 3.04. The first-order valence-corrected chi connectivity index (χ1v) is 7.43. The van der Waals surface area contributed by atoms with Crippen molar-refractivity contribution in [1.82, 2.24) is 4.72 Å². The number of thiophene rings is 1. The van der Waals surface area contributed by atoms with Gasteiger partial charge in [0.25, 0.3) is 0 Å². The number of hydrogen-bond acceptors (Lipinski definition) is 4. The van der Waals surface area contributed by atoms with Gasteiger partial charge in [-0.1, -0.05) is 6.92 Å². The second-order valence-electron chi connectivity index (χ2n) is 3.47. The van der Waals surface area contributed by atoms with Crippen LogP contribution in [0.3, 0.4) is 0 Å². The molecule has 0 amide bonds. The molecule has 0 fully saturated rings. The van der Waals surface area contributed by atoms with Gasteiger partial charge in [-0.3, -0.25) is 0 Å². The Labute approximate surface area is 100.0 Å². The third-order valence-corrected chi connectivity index (χ3v) is 4.85. The largest absolute Gasteiger partial charge is 0.228 e. The van der Waals surface area contributed by atoms with Crippen LogP contribution in [0, 0.1) is 11.3 Å². The summed E-state index contributed by atoms with van der Waals surface area (Å²) < 4.78 is 26.1. The van der Waals surface area contributed by atoms with Crippen LogP contribution in [0.25, 0.3) is 0 Å². The van der Waals surface area contributed by atoms with Gasteiger partial charge in [0.15, 0.2) is 5.25 Å². The lowest BCUT2D eigenvalue weighted by Gasteiger charge is -2.15. The van der Waals surface area contributed by atoms with E-state index in [1.165, 1.54) is 11.3 Å². The van der Waals surface area contributed by atoms with Crippen LogP contribution in [0.15, 0.2) is 16.8 Å². The van der Waals surface area contributed by atoms with E-state index in [2.05, 4.69) is 4.72 Å². The van der Waals surface area contributed by atoms with Gasteiger partial charge in [-0.05, 0) is 35.7 Å². The molecule has 1 heterocycles. The van der Waals surface area contributed by atoms with E-state index in [0.29, 0.717) is 6.42 Å². The Morgan fingerprint density at radius 3 is 2.75 bits per heavy atom. The zero-order valence-electron chi connectivity index (χ0n) is 9.17. The van der Waals surface area contributed by atoms with E-state index in [0.717, 1.165) is 5.56 Å². The summed E-state index contributed by atoms with van der Waals surface area (Å²) in [5, 5.41) is 11.5. The summed E-state index contributed by atoms with van der Waals surface area (Å²) in [5.41, 5.74) is 0.918. The molecule has 0 spiro atoms. The molecule has 88 valence electrons. The standard InChI is InChI=1S/C10H14N2O2S2/c1-3-10(6-11)16(13,14)12-8(2)9-4-5-15-7-9/h4-5,7-8,10,12H,3H2,1-2H3. The molecule has 0 radical (unpaired) electrons. The maximum atomic E-state index is 11.8. The topological polar surface area (TPSA) is 70.0 Å². The van der Waals surface area contributed by atoms with E-state index < -0.39 is 15.3 Å². The number of nitrogens with one attached hydrogen (secondary N) is 1. The molecular weight excluding hydrogens is 244 g/mol. The van der Waals surface area contributed by atoms with Crippen molar-refractivity contribution in [2.75, 3.05) is 0 Å². The quantitative estimate of drug-likeness (QED) is 0.878. The highest BCUT2D eigenvalue weighted by molar-refractivity contribution is 7.90. The molecule has 1 N–H and O–H groups in total. The zero-order valence-corrected chi connectivity index (χ0v) is 10.8. The fourth-order valence-electron chi connectivity index (χ4n) is 1.30. The van der Waals surface area contributed by atoms with Gasteiger partial charge in [-0.2, -0.15) is 16.6 Å². The maximum Gasteiger partial charge on any atom is 0.228 e. The predicted octanol–water partition coefficient (Wildman–Crippen LogP) is 2.03. The van der Waals surface area contributed by atoms with Crippen molar-refractivity contribution in [2.24, 2.45) is 0 Å². The summed E-state index contributed by atoms with van der Waals surface area (Å²) in [4.78, 5) is 0. The van der Waals surface area contributed by atoms with Crippen LogP contribution in [0.5, 0.6) is 0 Å². The first kappa shape index (κ1) is 13.2. The Kier molecular flexibility index (Phi) is 4.47. The first-order chi connectivity index (χ1) is 7.51. The van der Waals surface area contributed by atoms with Crippen LogP contribution in [-0.4, -0.2) is 13.7 Å². The van der Waals surface area contributed by atoms with Crippen LogP contribution in [0.2, 0.25) is 0 Å². The fraction of sp³-hybridized carbons (Fsp3) is 0.500. The van der Waals surface area contributed by atoms with E-state index in [1.807, 2.05) is 16.8 Å². The highest BCUT2D eigenvalue weighted by Crippen LogP contribution is 2.17. The van der Waals surface area contributed by atoms with Gasteiger partial charge >= 0.3 is 0 Å². The summed E-state index contributed by atoms with van der Waals surface area (Å²) >= 11 is 1.51. The molecule has 1 rings (SSSR count). The maximum absolute atomic E-state index is 11.8. The molecule has 0 aliphatic rings. The Bertz CT molecular complexity index is 460. The Morgan fingerprint density at radius 2 is 2.31 bits per heavy atom. The summed E-state index contributed by atoms with van der Waals surface area (Å²) in [6.45, 7) is 3.45. The molecular formula is C10H14N2O2S2. The van der Waals surface area contributed by atoms with Crippen LogP contribution in [0.4, 0.5) is 0 Å². The van der Waals surface area contributed by atoms with Gasteiger partial charge in [0, 0.05) is 6.04 Å². The minimum absolute atomic E-state index is 0.293. The Balaban J connectivity index is 2.78. The molecule has 16 heavy (non-hydrogen) atoms. The van der Waals surface area contributed by atoms with Crippen LogP contribution in [0.1, 0.15) is 31.9 Å². The van der Waals surface area contributed by atoms with E-state index in [9.17, 15) is 8.42 Å². The van der Waals surface area contributed by atoms with Crippen molar-refractivity contribution in [3.8, 4) is 6.07 Å². The van der Waals surface area contributed by atoms with Gasteiger partial charge in [-0.15, -0.1) is 0 Å². The lowest BCUT2D eigenvalue weighted by atomic mass is 10.2. The molecule has 0 aliphatic carbocycles. The van der Waals surface area contributed by atoms with E-state index >= 15 is 0 Å². The molecule has 0 aliphatic heterocycles. The number of hydrogen-bond donors (Lipinski definition) is 1. The summed E-state index contributed by atoms with van der Waals surface area (Å²) in [6, 6.07) is 3.37. The molecule has 1 aromatic rings.